The summed E-state index contributed by atoms with van der Waals surface area (Å²) in [5.41, 5.74) is 2.87. The molecule has 1 heteroatoms. The molecular formula is C10H13N. The zero-order valence-electron chi connectivity index (χ0n) is 7.04. The van der Waals surface area contributed by atoms with Gasteiger partial charge in [-0.15, -0.1) is 0 Å². The SMILES string of the molecule is CC1C=Cc2c(ccn2C)C1. The average Bonchev–Trinajstić information content (AvgIpc) is 2.32. The molecule has 0 fully saturated rings. The summed E-state index contributed by atoms with van der Waals surface area (Å²) in [5.74, 6) is 0.713. The van der Waals surface area contributed by atoms with Gasteiger partial charge in [-0.05, 0) is 30.0 Å². The molecule has 58 valence electrons. The van der Waals surface area contributed by atoms with Crippen LogP contribution in [-0.4, -0.2) is 4.57 Å². The minimum Gasteiger partial charge on any atom is -0.351 e. The third-order valence-electron chi connectivity index (χ3n) is 2.33. The largest absolute Gasteiger partial charge is 0.351 e. The van der Waals surface area contributed by atoms with Crippen molar-refractivity contribution in [3.63, 3.8) is 0 Å². The Morgan fingerprint density at radius 1 is 1.55 bits per heavy atom. The molecule has 0 radical (unpaired) electrons. The van der Waals surface area contributed by atoms with Crippen molar-refractivity contribution in [3.8, 4) is 0 Å². The van der Waals surface area contributed by atoms with Gasteiger partial charge in [0.1, 0.15) is 0 Å². The van der Waals surface area contributed by atoms with E-state index in [1.807, 2.05) is 0 Å². The average molecular weight is 147 g/mol. The second-order valence-electron chi connectivity index (χ2n) is 3.38. The first-order valence-electron chi connectivity index (χ1n) is 4.10. The van der Waals surface area contributed by atoms with Crippen LogP contribution in [0.15, 0.2) is 18.3 Å². The third kappa shape index (κ3) is 1.01. The quantitative estimate of drug-likeness (QED) is 0.530. The normalized spacial score (nSPS) is 21.8. The van der Waals surface area contributed by atoms with Gasteiger partial charge in [0.15, 0.2) is 0 Å². The van der Waals surface area contributed by atoms with Gasteiger partial charge in [0.2, 0.25) is 0 Å². The number of allylic oxidation sites excluding steroid dienone is 1. The van der Waals surface area contributed by atoms with E-state index in [9.17, 15) is 0 Å². The van der Waals surface area contributed by atoms with E-state index >= 15 is 0 Å². The summed E-state index contributed by atoms with van der Waals surface area (Å²) in [5, 5.41) is 0. The van der Waals surface area contributed by atoms with Gasteiger partial charge in [-0.25, -0.2) is 0 Å². The van der Waals surface area contributed by atoms with Crippen molar-refractivity contribution in [2.45, 2.75) is 13.3 Å². The summed E-state index contributed by atoms with van der Waals surface area (Å²) in [6.07, 6.45) is 7.84. The molecule has 1 aromatic heterocycles. The Hall–Kier alpha value is -0.980. The van der Waals surface area contributed by atoms with Gasteiger partial charge < -0.3 is 4.57 Å². The fraction of sp³-hybridized carbons (Fsp3) is 0.400. The van der Waals surface area contributed by atoms with Crippen molar-refractivity contribution in [1.82, 2.24) is 4.57 Å². The molecule has 0 aliphatic heterocycles. The maximum atomic E-state index is 2.28. The molecule has 0 spiro atoms. The van der Waals surface area contributed by atoms with Crippen LogP contribution in [0.5, 0.6) is 0 Å². The molecule has 0 saturated carbocycles. The number of aryl methyl sites for hydroxylation is 1. The molecule has 1 atom stereocenters. The van der Waals surface area contributed by atoms with Gasteiger partial charge >= 0.3 is 0 Å². The highest BCUT2D eigenvalue weighted by Gasteiger charge is 2.11. The second-order valence-corrected chi connectivity index (χ2v) is 3.38. The molecule has 0 bridgehead atoms. The summed E-state index contributed by atoms with van der Waals surface area (Å²) in [4.78, 5) is 0. The topological polar surface area (TPSA) is 4.93 Å². The van der Waals surface area contributed by atoms with Crippen LogP contribution >= 0.6 is 0 Å². The number of rotatable bonds is 0. The van der Waals surface area contributed by atoms with E-state index in [0.29, 0.717) is 5.92 Å². The van der Waals surface area contributed by atoms with Crippen LogP contribution in [0.1, 0.15) is 18.2 Å². The Morgan fingerprint density at radius 2 is 2.36 bits per heavy atom. The molecule has 1 nitrogen and oxygen atoms in total. The molecule has 2 rings (SSSR count). The zero-order chi connectivity index (χ0) is 7.84. The zero-order valence-corrected chi connectivity index (χ0v) is 7.04. The maximum absolute atomic E-state index is 2.28. The van der Waals surface area contributed by atoms with Crippen LogP contribution in [0.3, 0.4) is 0 Å². The molecule has 1 aliphatic rings. The molecule has 1 aliphatic carbocycles. The molecule has 0 saturated heterocycles. The lowest BCUT2D eigenvalue weighted by molar-refractivity contribution is 0.711. The molecular weight excluding hydrogens is 134 g/mol. The van der Waals surface area contributed by atoms with Gasteiger partial charge in [0, 0.05) is 18.9 Å². The Kier molecular flexibility index (Phi) is 1.38. The lowest BCUT2D eigenvalue weighted by atomic mass is 9.96. The van der Waals surface area contributed by atoms with Crippen LogP contribution in [-0.2, 0) is 13.5 Å². The molecule has 1 unspecified atom stereocenters. The minimum atomic E-state index is 0.713. The Morgan fingerprint density at radius 3 is 3.18 bits per heavy atom. The van der Waals surface area contributed by atoms with Gasteiger partial charge in [0.05, 0.1) is 0 Å². The van der Waals surface area contributed by atoms with E-state index in [1.54, 1.807) is 0 Å². The first-order valence-corrected chi connectivity index (χ1v) is 4.10. The number of fused-ring (bicyclic) bond motifs is 1. The lowest BCUT2D eigenvalue weighted by Crippen LogP contribution is -2.03. The first-order chi connectivity index (χ1) is 5.27. The van der Waals surface area contributed by atoms with Crippen molar-refractivity contribution in [2.75, 3.05) is 0 Å². The van der Waals surface area contributed by atoms with Crippen molar-refractivity contribution >= 4 is 6.08 Å². The number of hydrogen-bond donors (Lipinski definition) is 0. The van der Waals surface area contributed by atoms with Gasteiger partial charge in [-0.3, -0.25) is 0 Å². The monoisotopic (exact) mass is 147 g/mol. The van der Waals surface area contributed by atoms with Crippen LogP contribution in [0.25, 0.3) is 6.08 Å². The van der Waals surface area contributed by atoms with Crippen LogP contribution in [0.2, 0.25) is 0 Å². The molecule has 0 aromatic carbocycles. The molecule has 11 heavy (non-hydrogen) atoms. The van der Waals surface area contributed by atoms with E-state index in [-0.39, 0.29) is 0 Å². The summed E-state index contributed by atoms with van der Waals surface area (Å²) < 4.78 is 2.18. The van der Waals surface area contributed by atoms with E-state index in [2.05, 4.69) is 43.0 Å². The Bertz CT molecular complexity index is 294. The predicted octanol–water partition coefficient (Wildman–Crippen LogP) is 2.23. The first kappa shape index (κ1) is 6.71. The summed E-state index contributed by atoms with van der Waals surface area (Å²) in [6, 6.07) is 2.22. The van der Waals surface area contributed by atoms with E-state index in [4.69, 9.17) is 0 Å². The smallest absolute Gasteiger partial charge is 0.0433 e. The summed E-state index contributed by atoms with van der Waals surface area (Å²) in [7, 11) is 2.10. The highest BCUT2D eigenvalue weighted by molar-refractivity contribution is 5.53. The summed E-state index contributed by atoms with van der Waals surface area (Å²) in [6.45, 7) is 2.26. The van der Waals surface area contributed by atoms with E-state index in [0.717, 1.165) is 0 Å². The van der Waals surface area contributed by atoms with Gasteiger partial charge in [-0.1, -0.05) is 13.0 Å². The fourth-order valence-electron chi connectivity index (χ4n) is 1.66. The predicted molar refractivity (Wildman–Crippen MR) is 47.3 cm³/mol. The molecule has 1 aromatic rings. The van der Waals surface area contributed by atoms with E-state index in [1.165, 1.54) is 17.7 Å². The third-order valence-corrected chi connectivity index (χ3v) is 2.33. The van der Waals surface area contributed by atoms with Crippen molar-refractivity contribution in [1.29, 1.82) is 0 Å². The van der Waals surface area contributed by atoms with Crippen LogP contribution < -0.4 is 0 Å². The Balaban J connectivity index is 2.48. The maximum Gasteiger partial charge on any atom is 0.0433 e. The number of hydrogen-bond acceptors (Lipinski definition) is 0. The molecule has 0 N–H and O–H groups in total. The molecule has 0 amide bonds. The van der Waals surface area contributed by atoms with Gasteiger partial charge in [0.25, 0.3) is 0 Å². The fourth-order valence-corrected chi connectivity index (χ4v) is 1.66. The standard InChI is InChI=1S/C10H13N/c1-8-3-4-10-9(7-8)5-6-11(10)2/h3-6,8H,7H2,1-2H3. The highest BCUT2D eigenvalue weighted by atomic mass is 14.9. The molecule has 1 heterocycles. The Labute approximate surface area is 67.3 Å². The minimum absolute atomic E-state index is 0.713. The second kappa shape index (κ2) is 2.26. The van der Waals surface area contributed by atoms with Crippen LogP contribution in [0, 0.1) is 5.92 Å². The highest BCUT2D eigenvalue weighted by Crippen LogP contribution is 2.22. The van der Waals surface area contributed by atoms with Crippen LogP contribution in [0.4, 0.5) is 0 Å². The van der Waals surface area contributed by atoms with Gasteiger partial charge in [-0.2, -0.15) is 0 Å². The lowest BCUT2D eigenvalue weighted by Gasteiger charge is -2.12. The number of aromatic nitrogens is 1. The van der Waals surface area contributed by atoms with E-state index < -0.39 is 0 Å². The number of nitrogens with zero attached hydrogens (tertiary/aromatic N) is 1. The van der Waals surface area contributed by atoms with Crippen molar-refractivity contribution in [2.24, 2.45) is 13.0 Å². The van der Waals surface area contributed by atoms with Crippen molar-refractivity contribution in [3.05, 3.63) is 29.6 Å². The van der Waals surface area contributed by atoms with Crippen molar-refractivity contribution < 1.29 is 0 Å². The summed E-state index contributed by atoms with van der Waals surface area (Å²) >= 11 is 0.